The number of carboxylic acids is 1. The number of nitro groups is 1. The number of aromatic hydroxyl groups is 1. The van der Waals surface area contributed by atoms with Crippen LogP contribution in [0, 0.1) is 10.1 Å². The number of rotatable bonds is 10. The van der Waals surface area contributed by atoms with Crippen LogP contribution in [0.25, 0.3) is 0 Å². The highest BCUT2D eigenvalue weighted by Crippen LogP contribution is 2.14. The Morgan fingerprint density at radius 3 is 2.61 bits per heavy atom. The topological polar surface area (TPSA) is 165 Å². The SMILES string of the molecule is NN(C(=O)CCc1ccc(O)cc1)C(CCCn1ccnc1[N+](=O)[O-])C(=O)O. The Labute approximate surface area is 160 Å². The molecular weight excluding hydrogens is 370 g/mol. The Bertz CT molecular complexity index is 835. The third-order valence-corrected chi connectivity index (χ3v) is 4.21. The van der Waals surface area contributed by atoms with Crippen molar-refractivity contribution in [1.82, 2.24) is 14.6 Å². The van der Waals surface area contributed by atoms with Crippen molar-refractivity contribution in [1.29, 1.82) is 0 Å². The highest BCUT2D eigenvalue weighted by Gasteiger charge is 2.27. The van der Waals surface area contributed by atoms with Gasteiger partial charge in [-0.25, -0.2) is 15.2 Å². The van der Waals surface area contributed by atoms with E-state index in [0.717, 1.165) is 5.56 Å². The second kappa shape index (κ2) is 9.46. The van der Waals surface area contributed by atoms with Crippen LogP contribution in [0.3, 0.4) is 0 Å². The Balaban J connectivity index is 1.89. The monoisotopic (exact) mass is 391 g/mol. The summed E-state index contributed by atoms with van der Waals surface area (Å²) < 4.78 is 1.30. The van der Waals surface area contributed by atoms with E-state index in [4.69, 9.17) is 5.84 Å². The number of imidazole rings is 1. The van der Waals surface area contributed by atoms with Crippen LogP contribution in [-0.2, 0) is 22.6 Å². The minimum Gasteiger partial charge on any atom is -0.508 e. The molecule has 1 amide bonds. The molecule has 2 rings (SSSR count). The fraction of sp³-hybridized carbons (Fsp3) is 0.353. The predicted octanol–water partition coefficient (Wildman–Crippen LogP) is 1.07. The largest absolute Gasteiger partial charge is 0.508 e. The van der Waals surface area contributed by atoms with Gasteiger partial charge in [-0.15, -0.1) is 0 Å². The van der Waals surface area contributed by atoms with Crippen LogP contribution in [0.1, 0.15) is 24.8 Å². The molecule has 1 aromatic carbocycles. The van der Waals surface area contributed by atoms with E-state index in [-0.39, 0.29) is 37.5 Å². The average molecular weight is 391 g/mol. The molecule has 11 heteroatoms. The van der Waals surface area contributed by atoms with Gasteiger partial charge in [-0.3, -0.25) is 9.80 Å². The maximum atomic E-state index is 12.2. The van der Waals surface area contributed by atoms with Gasteiger partial charge in [0.05, 0.1) is 6.54 Å². The molecule has 0 aliphatic heterocycles. The van der Waals surface area contributed by atoms with Crippen molar-refractivity contribution in [3.05, 3.63) is 52.3 Å². The Hall–Kier alpha value is -3.47. The number of aliphatic carboxylic acids is 1. The molecule has 0 saturated heterocycles. The van der Waals surface area contributed by atoms with Crippen molar-refractivity contribution in [3.63, 3.8) is 0 Å². The lowest BCUT2D eigenvalue weighted by Crippen LogP contribution is -2.49. The molecule has 11 nitrogen and oxygen atoms in total. The third-order valence-electron chi connectivity index (χ3n) is 4.21. The van der Waals surface area contributed by atoms with Crippen LogP contribution in [-0.4, -0.2) is 47.6 Å². The Morgan fingerprint density at radius 1 is 1.32 bits per heavy atom. The number of amides is 1. The summed E-state index contributed by atoms with van der Waals surface area (Å²) in [6.45, 7) is 0.176. The van der Waals surface area contributed by atoms with Gasteiger partial charge in [0, 0.05) is 6.42 Å². The standard InChI is InChI=1S/C17H21N5O6/c18-21(15(24)8-5-12-3-6-13(23)7-4-12)14(16(25)26)2-1-10-20-11-9-19-17(20)22(27)28/h3-4,6-7,9,11,14,23H,1-2,5,8,10,18H2,(H,25,26). The van der Waals surface area contributed by atoms with Crippen molar-refractivity contribution in [2.45, 2.75) is 38.3 Å². The summed E-state index contributed by atoms with van der Waals surface area (Å²) in [5.74, 6) is 3.72. The first-order chi connectivity index (χ1) is 13.3. The maximum Gasteiger partial charge on any atom is 0.434 e. The molecule has 4 N–H and O–H groups in total. The van der Waals surface area contributed by atoms with Crippen LogP contribution < -0.4 is 5.84 Å². The van der Waals surface area contributed by atoms with Gasteiger partial charge in [-0.05, 0) is 41.9 Å². The van der Waals surface area contributed by atoms with Crippen LogP contribution in [0.5, 0.6) is 5.75 Å². The van der Waals surface area contributed by atoms with Gasteiger partial charge < -0.3 is 20.3 Å². The van der Waals surface area contributed by atoms with Crippen molar-refractivity contribution < 1.29 is 24.7 Å². The molecule has 0 radical (unpaired) electrons. The maximum absolute atomic E-state index is 12.2. The zero-order valence-electron chi connectivity index (χ0n) is 15.0. The lowest BCUT2D eigenvalue weighted by molar-refractivity contribution is -0.396. The lowest BCUT2D eigenvalue weighted by Gasteiger charge is -2.24. The van der Waals surface area contributed by atoms with Crippen molar-refractivity contribution in [2.24, 2.45) is 5.84 Å². The van der Waals surface area contributed by atoms with E-state index in [0.29, 0.717) is 11.4 Å². The average Bonchev–Trinajstić information content (AvgIpc) is 3.12. The zero-order chi connectivity index (χ0) is 20.7. The quantitative estimate of drug-likeness (QED) is 0.234. The molecule has 2 aromatic rings. The zero-order valence-corrected chi connectivity index (χ0v) is 15.0. The summed E-state index contributed by atoms with van der Waals surface area (Å²) in [6.07, 6.45) is 3.36. The molecule has 0 aliphatic carbocycles. The molecule has 28 heavy (non-hydrogen) atoms. The van der Waals surface area contributed by atoms with Gasteiger partial charge in [0.15, 0.2) is 0 Å². The summed E-state index contributed by atoms with van der Waals surface area (Å²) in [6, 6.07) is 5.08. The first-order valence-electron chi connectivity index (χ1n) is 8.52. The summed E-state index contributed by atoms with van der Waals surface area (Å²) >= 11 is 0. The number of carboxylic acid groups (broad SMARTS) is 1. The number of phenolic OH excluding ortho intramolecular Hbond substituents is 1. The number of hydrazine groups is 1. The van der Waals surface area contributed by atoms with Crippen LogP contribution >= 0.6 is 0 Å². The van der Waals surface area contributed by atoms with Gasteiger partial charge in [-0.1, -0.05) is 17.1 Å². The highest BCUT2D eigenvalue weighted by molar-refractivity contribution is 5.83. The minimum atomic E-state index is -1.25. The molecule has 0 aliphatic rings. The number of aryl methyl sites for hydroxylation is 2. The summed E-state index contributed by atoms with van der Waals surface area (Å²) in [5, 5.41) is 30.2. The normalized spacial score (nSPS) is 11.8. The van der Waals surface area contributed by atoms with Gasteiger partial charge in [0.1, 0.15) is 24.2 Å². The molecule has 1 unspecified atom stereocenters. The number of hydrogen-bond donors (Lipinski definition) is 3. The van der Waals surface area contributed by atoms with E-state index in [1.165, 1.54) is 29.1 Å². The number of carbonyl (C=O) groups excluding carboxylic acids is 1. The highest BCUT2D eigenvalue weighted by atomic mass is 16.6. The molecule has 0 saturated carbocycles. The van der Waals surface area contributed by atoms with Crippen molar-refractivity contribution >= 4 is 17.8 Å². The summed E-state index contributed by atoms with van der Waals surface area (Å²) in [4.78, 5) is 37.6. The smallest absolute Gasteiger partial charge is 0.434 e. The lowest BCUT2D eigenvalue weighted by atomic mass is 10.1. The van der Waals surface area contributed by atoms with Crippen LogP contribution in [0.15, 0.2) is 36.7 Å². The predicted molar refractivity (Wildman–Crippen MR) is 97.0 cm³/mol. The number of hydrogen-bond acceptors (Lipinski definition) is 7. The van der Waals surface area contributed by atoms with E-state index < -0.39 is 22.8 Å². The van der Waals surface area contributed by atoms with Crippen molar-refractivity contribution in [3.8, 4) is 5.75 Å². The molecule has 0 bridgehead atoms. The molecule has 0 fully saturated rings. The third kappa shape index (κ3) is 5.51. The Kier molecular flexibility index (Phi) is 7.04. The molecule has 1 aromatic heterocycles. The number of carbonyl (C=O) groups is 2. The van der Waals surface area contributed by atoms with Crippen LogP contribution in [0.4, 0.5) is 5.95 Å². The minimum absolute atomic E-state index is 0.0120. The molecular formula is C17H21N5O6. The van der Waals surface area contributed by atoms with Gasteiger partial charge >= 0.3 is 11.9 Å². The number of benzene rings is 1. The number of nitrogens with two attached hydrogens (primary N) is 1. The van der Waals surface area contributed by atoms with Gasteiger partial charge in [0.25, 0.3) is 0 Å². The number of phenols is 1. The number of nitrogens with zero attached hydrogens (tertiary/aromatic N) is 4. The fourth-order valence-corrected chi connectivity index (χ4v) is 2.70. The first kappa shape index (κ1) is 20.8. The second-order valence-corrected chi connectivity index (χ2v) is 6.14. The Morgan fingerprint density at radius 2 is 2.00 bits per heavy atom. The van der Waals surface area contributed by atoms with Crippen molar-refractivity contribution in [2.75, 3.05) is 0 Å². The molecule has 0 spiro atoms. The van der Waals surface area contributed by atoms with Crippen LogP contribution in [0.2, 0.25) is 0 Å². The van der Waals surface area contributed by atoms with Gasteiger partial charge in [-0.2, -0.15) is 0 Å². The summed E-state index contributed by atoms with van der Waals surface area (Å²) in [5.41, 5.74) is 0.804. The second-order valence-electron chi connectivity index (χ2n) is 6.14. The summed E-state index contributed by atoms with van der Waals surface area (Å²) in [7, 11) is 0. The molecule has 150 valence electrons. The molecule has 1 heterocycles. The van der Waals surface area contributed by atoms with E-state index in [1.54, 1.807) is 12.1 Å². The first-order valence-corrected chi connectivity index (χ1v) is 8.52. The fourth-order valence-electron chi connectivity index (χ4n) is 2.70. The van der Waals surface area contributed by atoms with E-state index in [1.807, 2.05) is 0 Å². The van der Waals surface area contributed by atoms with E-state index in [9.17, 15) is 29.9 Å². The van der Waals surface area contributed by atoms with E-state index in [2.05, 4.69) is 4.98 Å². The van der Waals surface area contributed by atoms with E-state index >= 15 is 0 Å². The number of aromatic nitrogens is 2. The van der Waals surface area contributed by atoms with Gasteiger partial charge in [0.2, 0.25) is 5.91 Å². The molecule has 1 atom stereocenters.